The van der Waals surface area contributed by atoms with E-state index in [1.165, 1.54) is 17.5 Å². The van der Waals surface area contributed by atoms with Crippen molar-refractivity contribution in [2.75, 3.05) is 6.54 Å². The Morgan fingerprint density at radius 2 is 1.83 bits per heavy atom. The van der Waals surface area contributed by atoms with Crippen LogP contribution < -0.4 is 0 Å². The standard InChI is InChI=1S/C16H23NO/c1-16(2)8-7-14(15(16)18)11-17-9-12-5-3-4-6-13(12)10-17/h3-6,14-15,18H,7-11H2,1-2H3. The average Bonchev–Trinajstić information content (AvgIpc) is 2.85. The lowest BCUT2D eigenvalue weighted by molar-refractivity contribution is 0.0321. The highest BCUT2D eigenvalue weighted by atomic mass is 16.3. The van der Waals surface area contributed by atoms with Crippen molar-refractivity contribution >= 4 is 0 Å². The molecule has 1 N–H and O–H groups in total. The number of hydrogen-bond acceptors (Lipinski definition) is 2. The molecule has 1 aromatic rings. The van der Waals surface area contributed by atoms with Crippen LogP contribution in [0.3, 0.4) is 0 Å². The van der Waals surface area contributed by atoms with Crippen molar-refractivity contribution < 1.29 is 5.11 Å². The Kier molecular flexibility index (Phi) is 2.95. The predicted molar refractivity (Wildman–Crippen MR) is 73.1 cm³/mol. The van der Waals surface area contributed by atoms with Crippen LogP contribution in [-0.4, -0.2) is 22.7 Å². The molecule has 1 heterocycles. The van der Waals surface area contributed by atoms with Crippen LogP contribution in [0.2, 0.25) is 0 Å². The molecule has 1 aromatic carbocycles. The van der Waals surface area contributed by atoms with Gasteiger partial charge in [-0.3, -0.25) is 4.90 Å². The third-order valence-electron chi connectivity index (χ3n) is 4.81. The van der Waals surface area contributed by atoms with Crippen molar-refractivity contribution in [2.45, 2.75) is 45.9 Å². The zero-order chi connectivity index (χ0) is 12.8. The van der Waals surface area contributed by atoms with Gasteiger partial charge in [0.15, 0.2) is 0 Å². The van der Waals surface area contributed by atoms with Gasteiger partial charge in [0.05, 0.1) is 6.10 Å². The summed E-state index contributed by atoms with van der Waals surface area (Å²) in [4.78, 5) is 2.49. The van der Waals surface area contributed by atoms with Crippen LogP contribution in [0.1, 0.15) is 37.8 Å². The van der Waals surface area contributed by atoms with Crippen LogP contribution in [0, 0.1) is 11.3 Å². The Morgan fingerprint density at radius 3 is 2.33 bits per heavy atom. The fourth-order valence-electron chi connectivity index (χ4n) is 3.56. The predicted octanol–water partition coefficient (Wildman–Crippen LogP) is 2.80. The quantitative estimate of drug-likeness (QED) is 0.866. The van der Waals surface area contributed by atoms with E-state index in [1.807, 2.05) is 0 Å². The highest BCUT2D eigenvalue weighted by Gasteiger charge is 2.41. The van der Waals surface area contributed by atoms with E-state index >= 15 is 0 Å². The molecule has 0 spiro atoms. The van der Waals surface area contributed by atoms with E-state index in [4.69, 9.17) is 0 Å². The van der Waals surface area contributed by atoms with Crippen LogP contribution in [-0.2, 0) is 13.1 Å². The summed E-state index contributed by atoms with van der Waals surface area (Å²) < 4.78 is 0. The van der Waals surface area contributed by atoms with Gasteiger partial charge in [-0.25, -0.2) is 0 Å². The summed E-state index contributed by atoms with van der Waals surface area (Å²) in [5.41, 5.74) is 3.03. The molecule has 18 heavy (non-hydrogen) atoms. The SMILES string of the molecule is CC1(C)CCC(CN2Cc3ccccc3C2)C1O. The molecule has 0 amide bonds. The molecule has 2 heteroatoms. The maximum absolute atomic E-state index is 10.4. The van der Waals surface area contributed by atoms with Gasteiger partial charge in [-0.15, -0.1) is 0 Å². The van der Waals surface area contributed by atoms with Gasteiger partial charge in [0, 0.05) is 19.6 Å². The Balaban J connectivity index is 1.64. The Hall–Kier alpha value is -0.860. The van der Waals surface area contributed by atoms with Crippen molar-refractivity contribution in [1.82, 2.24) is 4.90 Å². The average molecular weight is 245 g/mol. The van der Waals surface area contributed by atoms with Gasteiger partial charge in [-0.1, -0.05) is 38.1 Å². The molecule has 3 rings (SSSR count). The second-order valence-corrected chi connectivity index (χ2v) is 6.67. The largest absolute Gasteiger partial charge is 0.392 e. The minimum atomic E-state index is -0.138. The van der Waals surface area contributed by atoms with E-state index < -0.39 is 0 Å². The second kappa shape index (κ2) is 4.36. The number of nitrogens with zero attached hydrogens (tertiary/aromatic N) is 1. The van der Waals surface area contributed by atoms with E-state index in [1.54, 1.807) is 0 Å². The summed E-state index contributed by atoms with van der Waals surface area (Å²) in [5, 5.41) is 10.4. The zero-order valence-corrected chi connectivity index (χ0v) is 11.4. The summed E-state index contributed by atoms with van der Waals surface area (Å²) >= 11 is 0. The monoisotopic (exact) mass is 245 g/mol. The first-order chi connectivity index (χ1) is 8.56. The Bertz CT molecular complexity index is 415. The molecule has 2 nitrogen and oxygen atoms in total. The highest BCUT2D eigenvalue weighted by Crippen LogP contribution is 2.42. The molecule has 0 radical (unpaired) electrons. The summed E-state index contributed by atoms with van der Waals surface area (Å²) in [7, 11) is 0. The van der Waals surface area contributed by atoms with E-state index in [9.17, 15) is 5.11 Å². The number of aliphatic hydroxyl groups excluding tert-OH is 1. The van der Waals surface area contributed by atoms with Crippen LogP contribution in [0.4, 0.5) is 0 Å². The van der Waals surface area contributed by atoms with Crippen LogP contribution >= 0.6 is 0 Å². The maximum atomic E-state index is 10.4. The minimum Gasteiger partial charge on any atom is -0.392 e. The molecule has 0 bridgehead atoms. The lowest BCUT2D eigenvalue weighted by Crippen LogP contribution is -2.34. The van der Waals surface area contributed by atoms with Gasteiger partial charge in [0.2, 0.25) is 0 Å². The molecule has 98 valence electrons. The molecule has 1 fully saturated rings. The number of benzene rings is 1. The molecule has 1 aliphatic heterocycles. The number of fused-ring (bicyclic) bond motifs is 1. The first kappa shape index (κ1) is 12.2. The van der Waals surface area contributed by atoms with Gasteiger partial charge in [0.25, 0.3) is 0 Å². The molecular formula is C16H23NO. The van der Waals surface area contributed by atoms with Crippen molar-refractivity contribution in [2.24, 2.45) is 11.3 Å². The maximum Gasteiger partial charge on any atom is 0.0631 e. The van der Waals surface area contributed by atoms with Crippen molar-refractivity contribution in [3.05, 3.63) is 35.4 Å². The summed E-state index contributed by atoms with van der Waals surface area (Å²) in [5.74, 6) is 0.453. The molecule has 0 saturated heterocycles. The smallest absolute Gasteiger partial charge is 0.0631 e. The molecular weight excluding hydrogens is 222 g/mol. The fourth-order valence-corrected chi connectivity index (χ4v) is 3.56. The Morgan fingerprint density at radius 1 is 1.22 bits per heavy atom. The highest BCUT2D eigenvalue weighted by molar-refractivity contribution is 5.30. The molecule has 2 atom stereocenters. The number of aliphatic hydroxyl groups is 1. The molecule has 1 saturated carbocycles. The van der Waals surface area contributed by atoms with Gasteiger partial charge >= 0.3 is 0 Å². The molecule has 0 aromatic heterocycles. The Labute approximate surface area is 110 Å². The molecule has 2 aliphatic rings. The number of hydrogen-bond donors (Lipinski definition) is 1. The first-order valence-electron chi connectivity index (χ1n) is 7.03. The lowest BCUT2D eigenvalue weighted by Gasteiger charge is -2.28. The lowest BCUT2D eigenvalue weighted by atomic mass is 9.87. The number of rotatable bonds is 2. The van der Waals surface area contributed by atoms with E-state index in [0.29, 0.717) is 5.92 Å². The van der Waals surface area contributed by atoms with Gasteiger partial charge < -0.3 is 5.11 Å². The van der Waals surface area contributed by atoms with E-state index in [-0.39, 0.29) is 11.5 Å². The van der Waals surface area contributed by atoms with Crippen LogP contribution in [0.25, 0.3) is 0 Å². The fraction of sp³-hybridized carbons (Fsp3) is 0.625. The van der Waals surface area contributed by atoms with E-state index in [2.05, 4.69) is 43.0 Å². The molecule has 2 unspecified atom stereocenters. The normalized spacial score (nSPS) is 30.6. The van der Waals surface area contributed by atoms with Crippen molar-refractivity contribution in [3.8, 4) is 0 Å². The summed E-state index contributed by atoms with van der Waals surface area (Å²) in [6.45, 7) is 7.53. The zero-order valence-electron chi connectivity index (χ0n) is 11.4. The topological polar surface area (TPSA) is 23.5 Å². The minimum absolute atomic E-state index is 0.108. The van der Waals surface area contributed by atoms with Gasteiger partial charge in [0.1, 0.15) is 0 Å². The van der Waals surface area contributed by atoms with Gasteiger partial charge in [-0.05, 0) is 35.3 Å². The second-order valence-electron chi connectivity index (χ2n) is 6.67. The van der Waals surface area contributed by atoms with E-state index in [0.717, 1.165) is 26.1 Å². The van der Waals surface area contributed by atoms with Crippen molar-refractivity contribution in [1.29, 1.82) is 0 Å². The third-order valence-corrected chi connectivity index (χ3v) is 4.81. The van der Waals surface area contributed by atoms with Crippen LogP contribution in [0.5, 0.6) is 0 Å². The third kappa shape index (κ3) is 2.08. The van der Waals surface area contributed by atoms with Crippen LogP contribution in [0.15, 0.2) is 24.3 Å². The summed E-state index contributed by atoms with van der Waals surface area (Å²) in [6.07, 6.45) is 2.18. The molecule has 1 aliphatic carbocycles. The first-order valence-corrected chi connectivity index (χ1v) is 7.03. The summed E-state index contributed by atoms with van der Waals surface area (Å²) in [6, 6.07) is 8.69. The van der Waals surface area contributed by atoms with Gasteiger partial charge in [-0.2, -0.15) is 0 Å². The van der Waals surface area contributed by atoms with Crippen molar-refractivity contribution in [3.63, 3.8) is 0 Å².